The fourth-order valence-electron chi connectivity index (χ4n) is 2.50. The molecule has 0 aromatic carbocycles. The van der Waals surface area contributed by atoms with Crippen molar-refractivity contribution >= 4 is 11.8 Å². The van der Waals surface area contributed by atoms with Crippen LogP contribution in [0.3, 0.4) is 0 Å². The lowest BCUT2D eigenvalue weighted by molar-refractivity contribution is -0.138. The fourth-order valence-corrected chi connectivity index (χ4v) is 2.50. The van der Waals surface area contributed by atoms with Gasteiger partial charge in [0.1, 0.15) is 0 Å². The number of imide groups is 1. The van der Waals surface area contributed by atoms with Crippen LogP contribution in [0.4, 0.5) is 0 Å². The maximum absolute atomic E-state index is 11.8. The molecule has 2 fully saturated rings. The van der Waals surface area contributed by atoms with E-state index in [0.29, 0.717) is 12.3 Å². The Labute approximate surface area is 95.6 Å². The number of carbonyl (C=O) groups is 2. The molecule has 2 aliphatic rings. The maximum Gasteiger partial charge on any atom is 0.246 e. The van der Waals surface area contributed by atoms with Gasteiger partial charge in [0.05, 0.1) is 12.5 Å². The second-order valence-corrected chi connectivity index (χ2v) is 4.94. The van der Waals surface area contributed by atoms with Crippen molar-refractivity contribution in [3.05, 3.63) is 0 Å². The van der Waals surface area contributed by atoms with Crippen LogP contribution in [-0.2, 0) is 9.59 Å². The van der Waals surface area contributed by atoms with Crippen molar-refractivity contribution in [3.8, 4) is 0 Å². The van der Waals surface area contributed by atoms with E-state index in [9.17, 15) is 9.59 Å². The summed E-state index contributed by atoms with van der Waals surface area (Å²) in [5.74, 6) is 0.257. The summed E-state index contributed by atoms with van der Waals surface area (Å²) in [6, 6.07) is -0.0198. The Balaban J connectivity index is 2.04. The molecule has 0 aromatic rings. The van der Waals surface area contributed by atoms with Crippen LogP contribution in [-0.4, -0.2) is 53.8 Å². The average Bonchev–Trinajstić information content (AvgIpc) is 2.50. The molecule has 0 saturated carbocycles. The number of amides is 2. The summed E-state index contributed by atoms with van der Waals surface area (Å²) in [4.78, 5) is 26.6. The van der Waals surface area contributed by atoms with Crippen molar-refractivity contribution in [2.24, 2.45) is 11.7 Å². The Kier molecular flexibility index (Phi) is 2.99. The van der Waals surface area contributed by atoms with Gasteiger partial charge in [-0.3, -0.25) is 19.4 Å². The molecule has 5 heteroatoms. The van der Waals surface area contributed by atoms with Crippen molar-refractivity contribution < 1.29 is 9.59 Å². The van der Waals surface area contributed by atoms with Crippen LogP contribution < -0.4 is 5.73 Å². The van der Waals surface area contributed by atoms with Crippen LogP contribution in [0.5, 0.6) is 0 Å². The van der Waals surface area contributed by atoms with Crippen molar-refractivity contribution in [2.45, 2.75) is 31.8 Å². The van der Waals surface area contributed by atoms with Gasteiger partial charge in [-0.2, -0.15) is 0 Å². The van der Waals surface area contributed by atoms with Crippen LogP contribution >= 0.6 is 0 Å². The standard InChI is InChI=1S/C11H19N3O2/c1-7-6-14(4-3-8(7)12)9-5-10(15)13(2)11(9)16/h7-9H,3-6,12H2,1-2H3. The first-order valence-electron chi connectivity index (χ1n) is 5.80. The number of hydrogen-bond acceptors (Lipinski definition) is 4. The first-order valence-corrected chi connectivity index (χ1v) is 5.80. The second kappa shape index (κ2) is 4.14. The third-order valence-corrected chi connectivity index (χ3v) is 3.80. The number of carbonyl (C=O) groups excluding carboxylic acids is 2. The molecule has 5 nitrogen and oxygen atoms in total. The monoisotopic (exact) mass is 225 g/mol. The number of nitrogens with two attached hydrogens (primary N) is 1. The van der Waals surface area contributed by atoms with Gasteiger partial charge < -0.3 is 5.73 Å². The predicted octanol–water partition coefficient (Wildman–Crippen LogP) is -0.587. The maximum atomic E-state index is 11.8. The third-order valence-electron chi connectivity index (χ3n) is 3.80. The van der Waals surface area contributed by atoms with E-state index in [-0.39, 0.29) is 23.9 Å². The zero-order chi connectivity index (χ0) is 11.9. The summed E-state index contributed by atoms with van der Waals surface area (Å²) >= 11 is 0. The van der Waals surface area contributed by atoms with Crippen LogP contribution in [0.25, 0.3) is 0 Å². The van der Waals surface area contributed by atoms with E-state index in [0.717, 1.165) is 19.5 Å². The molecule has 0 aliphatic carbocycles. The van der Waals surface area contributed by atoms with Gasteiger partial charge in [-0.1, -0.05) is 6.92 Å². The molecule has 0 radical (unpaired) electrons. The summed E-state index contributed by atoms with van der Waals surface area (Å²) < 4.78 is 0. The Bertz CT molecular complexity index is 318. The summed E-state index contributed by atoms with van der Waals surface area (Å²) in [5, 5.41) is 0. The normalized spacial score (nSPS) is 37.2. The minimum absolute atomic E-state index is 0.0623. The molecule has 2 saturated heterocycles. The lowest BCUT2D eigenvalue weighted by Crippen LogP contribution is -2.51. The molecule has 0 aromatic heterocycles. The SMILES string of the molecule is CC1CN(C2CC(=O)N(C)C2=O)CCC1N. The second-order valence-electron chi connectivity index (χ2n) is 4.94. The highest BCUT2D eigenvalue weighted by molar-refractivity contribution is 6.05. The molecule has 2 aliphatic heterocycles. The molecule has 2 N–H and O–H groups in total. The molecule has 2 amide bonds. The topological polar surface area (TPSA) is 66.6 Å². The van der Waals surface area contributed by atoms with Gasteiger partial charge in [0.2, 0.25) is 11.8 Å². The molecule has 2 heterocycles. The Morgan fingerprint density at radius 2 is 2.06 bits per heavy atom. The quantitative estimate of drug-likeness (QED) is 0.606. The zero-order valence-electron chi connectivity index (χ0n) is 9.85. The predicted molar refractivity (Wildman–Crippen MR) is 59.5 cm³/mol. The van der Waals surface area contributed by atoms with Crippen LogP contribution in [0.15, 0.2) is 0 Å². The van der Waals surface area contributed by atoms with Crippen LogP contribution in [0.2, 0.25) is 0 Å². The van der Waals surface area contributed by atoms with E-state index < -0.39 is 0 Å². The van der Waals surface area contributed by atoms with Gasteiger partial charge in [0.15, 0.2) is 0 Å². The van der Waals surface area contributed by atoms with Crippen molar-refractivity contribution in [1.82, 2.24) is 9.80 Å². The third kappa shape index (κ3) is 1.85. The van der Waals surface area contributed by atoms with E-state index in [1.165, 1.54) is 4.90 Å². The molecule has 0 spiro atoms. The Morgan fingerprint density at radius 1 is 1.38 bits per heavy atom. The molecular weight excluding hydrogens is 206 g/mol. The summed E-state index contributed by atoms with van der Waals surface area (Å²) in [6.07, 6.45) is 1.24. The number of hydrogen-bond donors (Lipinski definition) is 1. The molecule has 3 unspecified atom stereocenters. The summed E-state index contributed by atoms with van der Waals surface area (Å²) in [7, 11) is 1.56. The molecule has 0 bridgehead atoms. The Morgan fingerprint density at radius 3 is 2.56 bits per heavy atom. The van der Waals surface area contributed by atoms with Crippen molar-refractivity contribution in [1.29, 1.82) is 0 Å². The van der Waals surface area contributed by atoms with E-state index in [1.807, 2.05) is 0 Å². The zero-order valence-corrected chi connectivity index (χ0v) is 9.85. The van der Waals surface area contributed by atoms with E-state index >= 15 is 0 Å². The van der Waals surface area contributed by atoms with Gasteiger partial charge >= 0.3 is 0 Å². The van der Waals surface area contributed by atoms with Gasteiger partial charge in [0.25, 0.3) is 0 Å². The minimum Gasteiger partial charge on any atom is -0.327 e. The number of rotatable bonds is 1. The van der Waals surface area contributed by atoms with Crippen LogP contribution in [0, 0.1) is 5.92 Å². The lowest BCUT2D eigenvalue weighted by atomic mass is 9.93. The van der Waals surface area contributed by atoms with Gasteiger partial charge in [-0.15, -0.1) is 0 Å². The molecule has 3 atom stereocenters. The average molecular weight is 225 g/mol. The highest BCUT2D eigenvalue weighted by atomic mass is 16.2. The van der Waals surface area contributed by atoms with E-state index in [2.05, 4.69) is 11.8 Å². The van der Waals surface area contributed by atoms with Gasteiger partial charge in [-0.05, 0) is 12.3 Å². The molecular formula is C11H19N3O2. The first-order chi connectivity index (χ1) is 7.50. The van der Waals surface area contributed by atoms with Crippen molar-refractivity contribution in [2.75, 3.05) is 20.1 Å². The summed E-state index contributed by atoms with van der Waals surface area (Å²) in [5.41, 5.74) is 5.94. The fraction of sp³-hybridized carbons (Fsp3) is 0.818. The van der Waals surface area contributed by atoms with E-state index in [1.54, 1.807) is 7.05 Å². The molecule has 90 valence electrons. The van der Waals surface area contributed by atoms with Crippen molar-refractivity contribution in [3.63, 3.8) is 0 Å². The van der Waals surface area contributed by atoms with Gasteiger partial charge in [0, 0.05) is 26.2 Å². The number of likely N-dealkylation sites (tertiary alicyclic amines) is 2. The first kappa shape index (κ1) is 11.5. The largest absolute Gasteiger partial charge is 0.327 e. The number of piperidine rings is 1. The van der Waals surface area contributed by atoms with Gasteiger partial charge in [-0.25, -0.2) is 0 Å². The number of nitrogens with zero attached hydrogens (tertiary/aromatic N) is 2. The van der Waals surface area contributed by atoms with E-state index in [4.69, 9.17) is 5.73 Å². The lowest BCUT2D eigenvalue weighted by Gasteiger charge is -2.37. The highest BCUT2D eigenvalue weighted by Gasteiger charge is 2.41. The Hall–Kier alpha value is -0.940. The van der Waals surface area contributed by atoms with Crippen LogP contribution in [0.1, 0.15) is 19.8 Å². The molecule has 16 heavy (non-hydrogen) atoms. The number of likely N-dealkylation sites (N-methyl/N-ethyl adjacent to an activating group) is 1. The smallest absolute Gasteiger partial charge is 0.246 e. The molecule has 2 rings (SSSR count). The minimum atomic E-state index is -0.243. The highest BCUT2D eigenvalue weighted by Crippen LogP contribution is 2.23. The summed E-state index contributed by atoms with van der Waals surface area (Å²) in [6.45, 7) is 3.74.